The average molecular weight is 328 g/mol. The molecule has 3 heterocycles. The summed E-state index contributed by atoms with van der Waals surface area (Å²) in [7, 11) is 2.00. The molecule has 5 nitrogen and oxygen atoms in total. The first-order valence-electron chi connectivity index (χ1n) is 8.29. The second-order valence-electron chi connectivity index (χ2n) is 7.05. The molecule has 24 heavy (non-hydrogen) atoms. The molecular formula is C18H21FN4O. The van der Waals surface area contributed by atoms with Crippen LogP contribution in [-0.2, 0) is 18.4 Å². The Morgan fingerprint density at radius 3 is 2.75 bits per heavy atom. The number of rotatable bonds is 3. The third-order valence-electron chi connectivity index (χ3n) is 5.26. The number of hydrogen-bond acceptors (Lipinski definition) is 3. The van der Waals surface area contributed by atoms with Gasteiger partial charge in [-0.05, 0) is 37.2 Å². The number of hydrogen-bond donors (Lipinski definition) is 0. The van der Waals surface area contributed by atoms with Crippen molar-refractivity contribution >= 4 is 11.6 Å². The molecule has 1 aromatic heterocycles. The quantitative estimate of drug-likeness (QED) is 0.867. The van der Waals surface area contributed by atoms with Crippen LogP contribution in [0.4, 0.5) is 10.1 Å². The van der Waals surface area contributed by atoms with Crippen molar-refractivity contribution in [3.8, 4) is 0 Å². The first-order valence-corrected chi connectivity index (χ1v) is 8.29. The molecule has 126 valence electrons. The van der Waals surface area contributed by atoms with Crippen molar-refractivity contribution in [3.63, 3.8) is 0 Å². The zero-order valence-electron chi connectivity index (χ0n) is 13.8. The Labute approximate surface area is 140 Å². The van der Waals surface area contributed by atoms with Crippen molar-refractivity contribution < 1.29 is 9.18 Å². The molecule has 4 rings (SSSR count). The van der Waals surface area contributed by atoms with E-state index in [1.165, 1.54) is 12.1 Å². The van der Waals surface area contributed by atoms with E-state index in [-0.39, 0.29) is 17.1 Å². The molecule has 0 radical (unpaired) electrons. The van der Waals surface area contributed by atoms with Crippen LogP contribution >= 0.6 is 0 Å². The van der Waals surface area contributed by atoms with Gasteiger partial charge in [0, 0.05) is 50.1 Å². The number of amides is 1. The summed E-state index contributed by atoms with van der Waals surface area (Å²) < 4.78 is 15.1. The number of aryl methyl sites for hydroxylation is 1. The molecule has 0 aliphatic carbocycles. The first kappa shape index (κ1) is 15.3. The van der Waals surface area contributed by atoms with Gasteiger partial charge < -0.3 is 9.47 Å². The van der Waals surface area contributed by atoms with Gasteiger partial charge in [-0.25, -0.2) is 9.37 Å². The van der Waals surface area contributed by atoms with Crippen LogP contribution in [0.2, 0.25) is 0 Å². The second-order valence-corrected chi connectivity index (χ2v) is 7.05. The Balaban J connectivity index is 1.46. The van der Waals surface area contributed by atoms with Gasteiger partial charge in [0.15, 0.2) is 0 Å². The van der Waals surface area contributed by atoms with E-state index >= 15 is 0 Å². The van der Waals surface area contributed by atoms with Crippen molar-refractivity contribution in [2.24, 2.45) is 12.5 Å². The lowest BCUT2D eigenvalue weighted by Crippen LogP contribution is -2.31. The van der Waals surface area contributed by atoms with Crippen LogP contribution in [0, 0.1) is 11.2 Å². The van der Waals surface area contributed by atoms with Crippen LogP contribution in [0.3, 0.4) is 0 Å². The fraction of sp³-hybridized carbons (Fsp3) is 0.444. The van der Waals surface area contributed by atoms with E-state index in [2.05, 4.69) is 9.88 Å². The van der Waals surface area contributed by atoms with Gasteiger partial charge in [0.05, 0.1) is 6.54 Å². The number of anilines is 1. The highest BCUT2D eigenvalue weighted by molar-refractivity contribution is 5.96. The highest BCUT2D eigenvalue weighted by Gasteiger charge is 2.47. The highest BCUT2D eigenvalue weighted by atomic mass is 19.1. The Hall–Kier alpha value is -2.21. The summed E-state index contributed by atoms with van der Waals surface area (Å²) in [5, 5.41) is 0. The number of likely N-dealkylation sites (tertiary alicyclic amines) is 1. The number of halogens is 1. The number of aromatic nitrogens is 2. The lowest BCUT2D eigenvalue weighted by atomic mass is 9.86. The standard InChI is InChI=1S/C18H21FN4O/c1-21-9-7-20-16(21)11-22-8-6-18(12-22)10-17(24)23(13-18)15-4-2-14(19)3-5-15/h2-5,7,9H,6,8,10-13H2,1H3/t18-/m0/s1. The van der Waals surface area contributed by atoms with Crippen molar-refractivity contribution in [3.05, 3.63) is 48.3 Å². The van der Waals surface area contributed by atoms with Gasteiger partial charge in [0.25, 0.3) is 0 Å². The van der Waals surface area contributed by atoms with E-state index in [0.717, 1.165) is 37.6 Å². The zero-order chi connectivity index (χ0) is 16.7. The minimum atomic E-state index is -0.276. The smallest absolute Gasteiger partial charge is 0.227 e. The van der Waals surface area contributed by atoms with Crippen LogP contribution in [0.15, 0.2) is 36.7 Å². The minimum Gasteiger partial charge on any atom is -0.337 e. The molecular weight excluding hydrogens is 307 g/mol. The lowest BCUT2D eigenvalue weighted by Gasteiger charge is -2.24. The molecule has 1 aromatic carbocycles. The van der Waals surface area contributed by atoms with Crippen LogP contribution in [0.1, 0.15) is 18.7 Å². The second kappa shape index (κ2) is 5.70. The molecule has 1 spiro atoms. The number of carbonyl (C=O) groups is 1. The molecule has 0 unspecified atom stereocenters. The van der Waals surface area contributed by atoms with Gasteiger partial charge in [-0.1, -0.05) is 0 Å². The SMILES string of the molecule is Cn1ccnc1CN1CC[C@]2(CC(=O)N(c3ccc(F)cc3)C2)C1. The summed E-state index contributed by atoms with van der Waals surface area (Å²) >= 11 is 0. The predicted octanol–water partition coefficient (Wildman–Crippen LogP) is 2.19. The molecule has 0 bridgehead atoms. The summed E-state index contributed by atoms with van der Waals surface area (Å²) in [6, 6.07) is 6.20. The van der Waals surface area contributed by atoms with Crippen molar-refractivity contribution in [2.75, 3.05) is 24.5 Å². The van der Waals surface area contributed by atoms with Gasteiger partial charge >= 0.3 is 0 Å². The Morgan fingerprint density at radius 2 is 2.04 bits per heavy atom. The van der Waals surface area contributed by atoms with Gasteiger partial charge in [0.2, 0.25) is 5.91 Å². The van der Waals surface area contributed by atoms with Crippen LogP contribution in [0.5, 0.6) is 0 Å². The predicted molar refractivity (Wildman–Crippen MR) is 88.9 cm³/mol. The van der Waals surface area contributed by atoms with E-state index < -0.39 is 0 Å². The van der Waals surface area contributed by atoms with Gasteiger partial charge in [-0.2, -0.15) is 0 Å². The van der Waals surface area contributed by atoms with E-state index in [1.807, 2.05) is 28.9 Å². The summed E-state index contributed by atoms with van der Waals surface area (Å²) in [6.07, 6.45) is 5.36. The number of nitrogens with zero attached hydrogens (tertiary/aromatic N) is 4. The fourth-order valence-electron chi connectivity index (χ4n) is 3.94. The van der Waals surface area contributed by atoms with Gasteiger partial charge in [-0.15, -0.1) is 0 Å². The molecule has 2 saturated heterocycles. The monoisotopic (exact) mass is 328 g/mol. The molecule has 0 N–H and O–H groups in total. The van der Waals surface area contributed by atoms with Gasteiger partial charge in [-0.3, -0.25) is 9.69 Å². The average Bonchev–Trinajstić information content (AvgIpc) is 3.22. The van der Waals surface area contributed by atoms with E-state index in [0.29, 0.717) is 13.0 Å². The summed E-state index contributed by atoms with van der Waals surface area (Å²) in [5.41, 5.74) is 0.803. The van der Waals surface area contributed by atoms with Crippen LogP contribution < -0.4 is 4.90 Å². The summed E-state index contributed by atoms with van der Waals surface area (Å²) in [6.45, 7) is 3.42. The zero-order valence-corrected chi connectivity index (χ0v) is 13.8. The van der Waals surface area contributed by atoms with E-state index in [4.69, 9.17) is 0 Å². The molecule has 1 atom stereocenters. The van der Waals surface area contributed by atoms with E-state index in [1.54, 1.807) is 12.1 Å². The Bertz CT molecular complexity index is 757. The highest BCUT2D eigenvalue weighted by Crippen LogP contribution is 2.42. The van der Waals surface area contributed by atoms with Crippen molar-refractivity contribution in [1.29, 1.82) is 0 Å². The Morgan fingerprint density at radius 1 is 1.25 bits per heavy atom. The summed E-state index contributed by atoms with van der Waals surface area (Å²) in [5.74, 6) is 0.912. The molecule has 6 heteroatoms. The third-order valence-corrected chi connectivity index (χ3v) is 5.26. The first-order chi connectivity index (χ1) is 11.5. The van der Waals surface area contributed by atoms with Gasteiger partial charge in [0.1, 0.15) is 11.6 Å². The lowest BCUT2D eigenvalue weighted by molar-refractivity contribution is -0.117. The van der Waals surface area contributed by atoms with Crippen molar-refractivity contribution in [1.82, 2.24) is 14.5 Å². The van der Waals surface area contributed by atoms with Crippen LogP contribution in [0.25, 0.3) is 0 Å². The number of imidazole rings is 1. The fourth-order valence-corrected chi connectivity index (χ4v) is 3.94. The Kier molecular flexibility index (Phi) is 3.64. The van der Waals surface area contributed by atoms with E-state index in [9.17, 15) is 9.18 Å². The molecule has 2 aliphatic rings. The third kappa shape index (κ3) is 2.71. The largest absolute Gasteiger partial charge is 0.337 e. The molecule has 2 fully saturated rings. The molecule has 2 aromatic rings. The number of benzene rings is 1. The van der Waals surface area contributed by atoms with Crippen molar-refractivity contribution in [2.45, 2.75) is 19.4 Å². The molecule has 2 aliphatic heterocycles. The minimum absolute atomic E-state index is 0.0105. The summed E-state index contributed by atoms with van der Waals surface area (Å²) in [4.78, 5) is 21.1. The number of carbonyl (C=O) groups excluding carboxylic acids is 1. The molecule has 1 amide bonds. The maximum Gasteiger partial charge on any atom is 0.227 e. The molecule has 0 saturated carbocycles. The topological polar surface area (TPSA) is 41.4 Å². The van der Waals surface area contributed by atoms with Crippen LogP contribution in [-0.4, -0.2) is 40.0 Å². The maximum absolute atomic E-state index is 13.1. The normalized spacial score (nSPS) is 24.4. The maximum atomic E-state index is 13.1.